The third-order valence-corrected chi connectivity index (χ3v) is 4.71. The van der Waals surface area contributed by atoms with Gasteiger partial charge in [-0.2, -0.15) is 8.42 Å². The number of rotatable bonds is 5. The van der Waals surface area contributed by atoms with Gasteiger partial charge in [-0.1, -0.05) is 17.7 Å². The summed E-state index contributed by atoms with van der Waals surface area (Å²) in [6, 6.07) is 6.03. The molecule has 0 spiro atoms. The third kappa shape index (κ3) is 3.16. The SMILES string of the molecule is Cc1ccc(S(=O)(=O)OCC2(CO)CC(F)(F)C2)cc1. The van der Waals surface area contributed by atoms with E-state index < -0.39 is 47.5 Å². The molecule has 2 rings (SSSR count). The van der Waals surface area contributed by atoms with E-state index in [9.17, 15) is 17.2 Å². The Morgan fingerprint density at radius 1 is 1.25 bits per heavy atom. The van der Waals surface area contributed by atoms with Crippen LogP contribution in [0, 0.1) is 12.3 Å². The first-order chi connectivity index (χ1) is 9.18. The van der Waals surface area contributed by atoms with Crippen LogP contribution in [0.15, 0.2) is 29.2 Å². The fourth-order valence-electron chi connectivity index (χ4n) is 2.28. The minimum absolute atomic E-state index is 0.0257. The molecule has 1 aromatic rings. The van der Waals surface area contributed by atoms with E-state index in [1.165, 1.54) is 12.1 Å². The van der Waals surface area contributed by atoms with Crippen LogP contribution in [0.25, 0.3) is 0 Å². The molecule has 4 nitrogen and oxygen atoms in total. The van der Waals surface area contributed by atoms with Gasteiger partial charge < -0.3 is 5.11 Å². The largest absolute Gasteiger partial charge is 0.396 e. The molecule has 0 bridgehead atoms. The van der Waals surface area contributed by atoms with Crippen LogP contribution in [0.4, 0.5) is 8.78 Å². The maximum atomic E-state index is 12.9. The van der Waals surface area contributed by atoms with Crippen molar-refractivity contribution >= 4 is 10.1 Å². The highest BCUT2D eigenvalue weighted by atomic mass is 32.2. The monoisotopic (exact) mass is 306 g/mol. The van der Waals surface area contributed by atoms with E-state index in [0.717, 1.165) is 5.56 Å². The number of alkyl halides is 2. The first-order valence-electron chi connectivity index (χ1n) is 6.13. The van der Waals surface area contributed by atoms with E-state index in [1.54, 1.807) is 12.1 Å². The van der Waals surface area contributed by atoms with E-state index in [4.69, 9.17) is 9.29 Å². The van der Waals surface area contributed by atoms with Gasteiger partial charge in [0.05, 0.1) is 18.1 Å². The second-order valence-corrected chi connectivity index (χ2v) is 7.01. The highest BCUT2D eigenvalue weighted by Gasteiger charge is 2.56. The van der Waals surface area contributed by atoms with Crippen LogP contribution in [0.3, 0.4) is 0 Å². The lowest BCUT2D eigenvalue weighted by atomic mass is 9.67. The van der Waals surface area contributed by atoms with Gasteiger partial charge >= 0.3 is 0 Å². The zero-order valence-electron chi connectivity index (χ0n) is 11.0. The summed E-state index contributed by atoms with van der Waals surface area (Å²) in [6.07, 6.45) is -1.11. The molecule has 0 amide bonds. The van der Waals surface area contributed by atoms with Crippen LogP contribution in [0.5, 0.6) is 0 Å². The van der Waals surface area contributed by atoms with E-state index in [2.05, 4.69) is 0 Å². The Hall–Kier alpha value is -1.05. The first-order valence-corrected chi connectivity index (χ1v) is 7.54. The molecule has 0 atom stereocenters. The van der Waals surface area contributed by atoms with Gasteiger partial charge in [0.25, 0.3) is 10.1 Å². The molecule has 20 heavy (non-hydrogen) atoms. The Bertz CT molecular complexity index is 573. The lowest BCUT2D eigenvalue weighted by Gasteiger charge is -2.45. The minimum atomic E-state index is -3.99. The number of hydrogen-bond donors (Lipinski definition) is 1. The number of aliphatic hydroxyl groups excluding tert-OH is 1. The molecular formula is C13H16F2O4S. The summed E-state index contributed by atoms with van der Waals surface area (Å²) < 4.78 is 54.4. The predicted octanol–water partition coefficient (Wildman–Crippen LogP) is 2.11. The Kier molecular flexibility index (Phi) is 3.88. The van der Waals surface area contributed by atoms with E-state index >= 15 is 0 Å². The summed E-state index contributed by atoms with van der Waals surface area (Å²) in [5.74, 6) is -2.85. The lowest BCUT2D eigenvalue weighted by molar-refractivity contribution is -0.186. The summed E-state index contributed by atoms with van der Waals surface area (Å²) in [4.78, 5) is -0.0257. The van der Waals surface area contributed by atoms with Crippen molar-refractivity contribution in [2.24, 2.45) is 5.41 Å². The average Bonchev–Trinajstić information content (AvgIpc) is 2.34. The molecule has 1 N–H and O–H groups in total. The summed E-state index contributed by atoms with van der Waals surface area (Å²) >= 11 is 0. The third-order valence-electron chi connectivity index (χ3n) is 3.43. The van der Waals surface area contributed by atoms with Crippen molar-refractivity contribution in [1.29, 1.82) is 0 Å². The zero-order chi connectivity index (χ0) is 15.0. The van der Waals surface area contributed by atoms with E-state index in [-0.39, 0.29) is 4.90 Å². The smallest absolute Gasteiger partial charge is 0.296 e. The van der Waals surface area contributed by atoms with Crippen LogP contribution in [-0.4, -0.2) is 32.7 Å². The number of aliphatic hydroxyl groups is 1. The maximum Gasteiger partial charge on any atom is 0.296 e. The molecule has 0 heterocycles. The fraction of sp³-hybridized carbons (Fsp3) is 0.538. The molecule has 1 aliphatic carbocycles. The van der Waals surface area contributed by atoms with Crippen LogP contribution in [0.1, 0.15) is 18.4 Å². The van der Waals surface area contributed by atoms with Gasteiger partial charge in [-0.3, -0.25) is 4.18 Å². The Morgan fingerprint density at radius 3 is 2.25 bits per heavy atom. The van der Waals surface area contributed by atoms with Gasteiger partial charge in [0.2, 0.25) is 5.92 Å². The first kappa shape index (κ1) is 15.3. The molecule has 0 aliphatic heterocycles. The van der Waals surface area contributed by atoms with Crippen LogP contribution in [0.2, 0.25) is 0 Å². The van der Waals surface area contributed by atoms with Gasteiger partial charge in [0.1, 0.15) is 0 Å². The Morgan fingerprint density at radius 2 is 1.80 bits per heavy atom. The van der Waals surface area contributed by atoms with Crippen LogP contribution in [-0.2, 0) is 14.3 Å². The molecule has 1 aliphatic rings. The van der Waals surface area contributed by atoms with Gasteiger partial charge in [-0.25, -0.2) is 8.78 Å². The number of aryl methyl sites for hydroxylation is 1. The molecule has 1 saturated carbocycles. The van der Waals surface area contributed by atoms with Gasteiger partial charge in [0.15, 0.2) is 0 Å². The summed E-state index contributed by atoms with van der Waals surface area (Å²) in [7, 11) is -3.99. The second kappa shape index (κ2) is 5.05. The molecule has 112 valence electrons. The maximum absolute atomic E-state index is 12.9. The van der Waals surface area contributed by atoms with Crippen LogP contribution >= 0.6 is 0 Å². The average molecular weight is 306 g/mol. The van der Waals surface area contributed by atoms with E-state index in [0.29, 0.717) is 0 Å². The standard InChI is InChI=1S/C13H16F2O4S/c1-10-2-4-11(5-3-10)20(17,18)19-9-12(8-16)6-13(14,15)7-12/h2-5,16H,6-9H2,1H3. The second-order valence-electron chi connectivity index (χ2n) is 5.40. The Labute approximate surface area is 116 Å². The number of hydrogen-bond acceptors (Lipinski definition) is 4. The lowest BCUT2D eigenvalue weighted by Crippen LogP contribution is -2.51. The predicted molar refractivity (Wildman–Crippen MR) is 68.0 cm³/mol. The molecule has 0 unspecified atom stereocenters. The van der Waals surface area contributed by atoms with Crippen molar-refractivity contribution in [2.45, 2.75) is 30.6 Å². The molecule has 0 radical (unpaired) electrons. The van der Waals surface area contributed by atoms with Gasteiger partial charge in [-0.15, -0.1) is 0 Å². The molecule has 1 fully saturated rings. The van der Waals surface area contributed by atoms with E-state index in [1.807, 2.05) is 6.92 Å². The fourth-order valence-corrected chi connectivity index (χ4v) is 3.29. The highest BCUT2D eigenvalue weighted by molar-refractivity contribution is 7.86. The normalized spacial score (nSPS) is 20.4. The van der Waals surface area contributed by atoms with Crippen molar-refractivity contribution in [3.8, 4) is 0 Å². The topological polar surface area (TPSA) is 63.6 Å². The molecule has 1 aromatic carbocycles. The van der Waals surface area contributed by atoms with Crippen molar-refractivity contribution in [1.82, 2.24) is 0 Å². The van der Waals surface area contributed by atoms with Gasteiger partial charge in [-0.05, 0) is 19.1 Å². The molecular weight excluding hydrogens is 290 g/mol. The summed E-state index contributed by atoms with van der Waals surface area (Å²) in [5, 5.41) is 9.16. The molecule has 7 heteroatoms. The van der Waals surface area contributed by atoms with Crippen molar-refractivity contribution in [3.63, 3.8) is 0 Å². The van der Waals surface area contributed by atoms with Crippen LogP contribution < -0.4 is 0 Å². The number of halogens is 2. The molecule has 0 saturated heterocycles. The molecule has 0 aromatic heterocycles. The van der Waals surface area contributed by atoms with Crippen molar-refractivity contribution in [3.05, 3.63) is 29.8 Å². The summed E-state index contributed by atoms with van der Waals surface area (Å²) in [6.45, 7) is 0.857. The van der Waals surface area contributed by atoms with Gasteiger partial charge in [0, 0.05) is 18.3 Å². The van der Waals surface area contributed by atoms with Crippen molar-refractivity contribution < 1.29 is 26.5 Å². The quantitative estimate of drug-likeness (QED) is 0.846. The Balaban J connectivity index is 2.04. The minimum Gasteiger partial charge on any atom is -0.396 e. The summed E-state index contributed by atoms with van der Waals surface area (Å²) in [5.41, 5.74) is -0.268. The van der Waals surface area contributed by atoms with Crippen molar-refractivity contribution in [2.75, 3.05) is 13.2 Å². The number of benzene rings is 1. The highest BCUT2D eigenvalue weighted by Crippen LogP contribution is 2.52. The zero-order valence-corrected chi connectivity index (χ0v) is 11.8.